The molecule has 0 heterocycles. The second-order valence-electron chi connectivity index (χ2n) is 3.39. The van der Waals surface area contributed by atoms with Crippen LogP contribution in [-0.2, 0) is 4.79 Å². The second kappa shape index (κ2) is 4.45. The molecule has 2 N–H and O–H groups in total. The standard InChI is InChI=1S/C9H17NO2/c1-2-10-8-6-4-3-5-7(8)9(11)12/h7-8,10H,2-6H2,1H3,(H,11,12). The molecule has 3 nitrogen and oxygen atoms in total. The summed E-state index contributed by atoms with van der Waals surface area (Å²) in [5.74, 6) is -0.792. The molecule has 1 fully saturated rings. The minimum Gasteiger partial charge on any atom is -0.481 e. The van der Waals surface area contributed by atoms with Gasteiger partial charge in [-0.15, -0.1) is 0 Å². The zero-order valence-corrected chi connectivity index (χ0v) is 7.55. The summed E-state index contributed by atoms with van der Waals surface area (Å²) < 4.78 is 0. The lowest BCUT2D eigenvalue weighted by atomic mass is 9.84. The van der Waals surface area contributed by atoms with Crippen molar-refractivity contribution in [1.82, 2.24) is 5.32 Å². The van der Waals surface area contributed by atoms with E-state index in [4.69, 9.17) is 5.11 Å². The van der Waals surface area contributed by atoms with Crippen molar-refractivity contribution in [1.29, 1.82) is 0 Å². The van der Waals surface area contributed by atoms with Crippen LogP contribution in [0.15, 0.2) is 0 Å². The molecule has 0 aliphatic heterocycles. The lowest BCUT2D eigenvalue weighted by Gasteiger charge is -2.28. The fourth-order valence-corrected chi connectivity index (χ4v) is 1.93. The van der Waals surface area contributed by atoms with Gasteiger partial charge in [0.25, 0.3) is 0 Å². The molecule has 0 aromatic heterocycles. The van der Waals surface area contributed by atoms with Crippen LogP contribution in [-0.4, -0.2) is 23.7 Å². The molecule has 3 heteroatoms. The molecular weight excluding hydrogens is 154 g/mol. The Morgan fingerprint density at radius 1 is 1.50 bits per heavy atom. The minimum absolute atomic E-state index is 0.154. The quantitative estimate of drug-likeness (QED) is 0.671. The van der Waals surface area contributed by atoms with E-state index in [0.717, 1.165) is 25.8 Å². The van der Waals surface area contributed by atoms with Crippen LogP contribution in [0, 0.1) is 5.92 Å². The van der Waals surface area contributed by atoms with E-state index in [-0.39, 0.29) is 12.0 Å². The molecule has 1 saturated carbocycles. The fourth-order valence-electron chi connectivity index (χ4n) is 1.93. The third-order valence-corrected chi connectivity index (χ3v) is 2.55. The number of hydrogen-bond acceptors (Lipinski definition) is 2. The van der Waals surface area contributed by atoms with E-state index < -0.39 is 5.97 Å². The van der Waals surface area contributed by atoms with Gasteiger partial charge in [0.2, 0.25) is 0 Å². The predicted molar refractivity (Wildman–Crippen MR) is 47.1 cm³/mol. The molecule has 0 aromatic rings. The van der Waals surface area contributed by atoms with Crippen LogP contribution in [0.25, 0.3) is 0 Å². The van der Waals surface area contributed by atoms with Gasteiger partial charge in [-0.2, -0.15) is 0 Å². The number of rotatable bonds is 3. The van der Waals surface area contributed by atoms with Crippen molar-refractivity contribution in [3.8, 4) is 0 Å². The van der Waals surface area contributed by atoms with Gasteiger partial charge < -0.3 is 10.4 Å². The van der Waals surface area contributed by atoms with Crippen LogP contribution in [0.4, 0.5) is 0 Å². The molecule has 0 aromatic carbocycles. The van der Waals surface area contributed by atoms with Crippen molar-refractivity contribution in [3.63, 3.8) is 0 Å². The van der Waals surface area contributed by atoms with Gasteiger partial charge in [0, 0.05) is 6.04 Å². The molecule has 0 saturated heterocycles. The van der Waals surface area contributed by atoms with E-state index in [1.165, 1.54) is 6.42 Å². The largest absolute Gasteiger partial charge is 0.481 e. The normalized spacial score (nSPS) is 30.1. The zero-order chi connectivity index (χ0) is 8.97. The van der Waals surface area contributed by atoms with E-state index in [1.807, 2.05) is 6.92 Å². The van der Waals surface area contributed by atoms with Gasteiger partial charge in [0.1, 0.15) is 0 Å². The average Bonchev–Trinajstić information content (AvgIpc) is 2.05. The van der Waals surface area contributed by atoms with E-state index in [9.17, 15) is 4.79 Å². The summed E-state index contributed by atoms with van der Waals surface area (Å²) in [5, 5.41) is 12.1. The van der Waals surface area contributed by atoms with E-state index >= 15 is 0 Å². The van der Waals surface area contributed by atoms with E-state index in [2.05, 4.69) is 5.32 Å². The number of carboxylic acids is 1. The molecular formula is C9H17NO2. The number of hydrogen-bond donors (Lipinski definition) is 2. The van der Waals surface area contributed by atoms with Gasteiger partial charge in [-0.1, -0.05) is 19.8 Å². The molecule has 12 heavy (non-hydrogen) atoms. The van der Waals surface area contributed by atoms with Crippen LogP contribution >= 0.6 is 0 Å². The van der Waals surface area contributed by atoms with Crippen molar-refractivity contribution in [2.24, 2.45) is 5.92 Å². The zero-order valence-electron chi connectivity index (χ0n) is 7.55. The van der Waals surface area contributed by atoms with Crippen molar-refractivity contribution in [3.05, 3.63) is 0 Å². The Labute approximate surface area is 73.2 Å². The van der Waals surface area contributed by atoms with Gasteiger partial charge in [-0.25, -0.2) is 0 Å². The highest BCUT2D eigenvalue weighted by Crippen LogP contribution is 2.24. The van der Waals surface area contributed by atoms with Crippen molar-refractivity contribution >= 4 is 5.97 Å². The molecule has 2 unspecified atom stereocenters. The lowest BCUT2D eigenvalue weighted by Crippen LogP contribution is -2.42. The summed E-state index contributed by atoms with van der Waals surface area (Å²) in [6, 6.07) is 0.209. The van der Waals surface area contributed by atoms with Crippen LogP contribution < -0.4 is 5.32 Å². The number of nitrogens with one attached hydrogen (secondary N) is 1. The first-order chi connectivity index (χ1) is 5.75. The van der Waals surface area contributed by atoms with Gasteiger partial charge >= 0.3 is 5.97 Å². The van der Waals surface area contributed by atoms with Crippen molar-refractivity contribution < 1.29 is 9.90 Å². The summed E-state index contributed by atoms with van der Waals surface area (Å²) in [6.45, 7) is 2.89. The molecule has 0 radical (unpaired) electrons. The third-order valence-electron chi connectivity index (χ3n) is 2.55. The van der Waals surface area contributed by atoms with E-state index in [0.29, 0.717) is 0 Å². The van der Waals surface area contributed by atoms with Crippen LogP contribution in [0.3, 0.4) is 0 Å². The highest BCUT2D eigenvalue weighted by atomic mass is 16.4. The van der Waals surface area contributed by atoms with E-state index in [1.54, 1.807) is 0 Å². The maximum absolute atomic E-state index is 10.8. The van der Waals surface area contributed by atoms with Gasteiger partial charge in [-0.3, -0.25) is 4.79 Å². The Kier molecular flexibility index (Phi) is 3.53. The summed E-state index contributed by atoms with van der Waals surface area (Å²) in [6.07, 6.45) is 4.10. The van der Waals surface area contributed by atoms with Crippen LogP contribution in [0.2, 0.25) is 0 Å². The maximum Gasteiger partial charge on any atom is 0.308 e. The number of carboxylic acid groups (broad SMARTS) is 1. The van der Waals surface area contributed by atoms with Crippen LogP contribution in [0.5, 0.6) is 0 Å². The van der Waals surface area contributed by atoms with Gasteiger partial charge in [0.15, 0.2) is 0 Å². The first kappa shape index (κ1) is 9.52. The molecule has 1 aliphatic carbocycles. The maximum atomic E-state index is 10.8. The van der Waals surface area contributed by atoms with Gasteiger partial charge in [-0.05, 0) is 19.4 Å². The third kappa shape index (κ3) is 2.21. The smallest absolute Gasteiger partial charge is 0.308 e. The Hall–Kier alpha value is -0.570. The highest BCUT2D eigenvalue weighted by Gasteiger charge is 2.29. The molecule has 1 rings (SSSR count). The first-order valence-corrected chi connectivity index (χ1v) is 4.72. The lowest BCUT2D eigenvalue weighted by molar-refractivity contribution is -0.143. The van der Waals surface area contributed by atoms with Crippen LogP contribution in [0.1, 0.15) is 32.6 Å². The monoisotopic (exact) mass is 171 g/mol. The molecule has 70 valence electrons. The SMILES string of the molecule is CCNC1CCCCC1C(=O)O. The first-order valence-electron chi connectivity index (χ1n) is 4.72. The molecule has 0 amide bonds. The Bertz CT molecular complexity index is 157. The molecule has 1 aliphatic rings. The summed E-state index contributed by atoms with van der Waals surface area (Å²) in [7, 11) is 0. The second-order valence-corrected chi connectivity index (χ2v) is 3.39. The van der Waals surface area contributed by atoms with Gasteiger partial charge in [0.05, 0.1) is 5.92 Å². The number of carbonyl (C=O) groups is 1. The average molecular weight is 171 g/mol. The highest BCUT2D eigenvalue weighted by molar-refractivity contribution is 5.71. The summed E-state index contributed by atoms with van der Waals surface area (Å²) in [4.78, 5) is 10.8. The predicted octanol–water partition coefficient (Wildman–Crippen LogP) is 1.24. The summed E-state index contributed by atoms with van der Waals surface area (Å²) >= 11 is 0. The van der Waals surface area contributed by atoms with Crippen molar-refractivity contribution in [2.75, 3.05) is 6.54 Å². The fraction of sp³-hybridized carbons (Fsp3) is 0.889. The molecule has 2 atom stereocenters. The minimum atomic E-state index is -0.638. The Morgan fingerprint density at radius 2 is 2.17 bits per heavy atom. The summed E-state index contributed by atoms with van der Waals surface area (Å²) in [5.41, 5.74) is 0. The Morgan fingerprint density at radius 3 is 2.75 bits per heavy atom. The molecule has 0 spiro atoms. The Balaban J connectivity index is 2.48. The number of aliphatic carboxylic acids is 1. The topological polar surface area (TPSA) is 49.3 Å². The molecule has 0 bridgehead atoms. The van der Waals surface area contributed by atoms with Crippen molar-refractivity contribution in [2.45, 2.75) is 38.6 Å².